The SMILES string of the molecule is CC(=O)O/N=C\c1ccc(-c2ccc(Br)cc2C)o1. The molecule has 0 fully saturated rings. The Morgan fingerprint density at radius 3 is 2.84 bits per heavy atom. The number of hydrogen-bond acceptors (Lipinski definition) is 4. The molecule has 0 bridgehead atoms. The highest BCUT2D eigenvalue weighted by Gasteiger charge is 2.07. The molecule has 2 aromatic rings. The van der Waals surface area contributed by atoms with Crippen molar-refractivity contribution in [3.05, 3.63) is 46.1 Å². The monoisotopic (exact) mass is 321 g/mol. The molecule has 2 rings (SSSR count). The van der Waals surface area contributed by atoms with Crippen LogP contribution < -0.4 is 0 Å². The molecule has 0 saturated heterocycles. The Morgan fingerprint density at radius 2 is 2.16 bits per heavy atom. The maximum absolute atomic E-state index is 10.6. The highest BCUT2D eigenvalue weighted by Crippen LogP contribution is 2.27. The van der Waals surface area contributed by atoms with Crippen molar-refractivity contribution in [3.8, 4) is 11.3 Å². The van der Waals surface area contributed by atoms with Crippen LogP contribution in [0.4, 0.5) is 0 Å². The van der Waals surface area contributed by atoms with Crippen molar-refractivity contribution < 1.29 is 14.0 Å². The van der Waals surface area contributed by atoms with Gasteiger partial charge in [-0.1, -0.05) is 21.1 Å². The fourth-order valence-corrected chi connectivity index (χ4v) is 2.10. The van der Waals surface area contributed by atoms with E-state index in [1.54, 1.807) is 6.07 Å². The Kier molecular flexibility index (Phi) is 4.16. The van der Waals surface area contributed by atoms with Gasteiger partial charge in [-0.2, -0.15) is 0 Å². The molecular weight excluding hydrogens is 310 g/mol. The molecule has 0 aliphatic carbocycles. The van der Waals surface area contributed by atoms with Crippen molar-refractivity contribution in [1.29, 1.82) is 0 Å². The van der Waals surface area contributed by atoms with Crippen LogP contribution >= 0.6 is 15.9 Å². The van der Waals surface area contributed by atoms with Gasteiger partial charge in [0, 0.05) is 17.0 Å². The molecule has 19 heavy (non-hydrogen) atoms. The molecule has 0 saturated carbocycles. The van der Waals surface area contributed by atoms with Gasteiger partial charge in [0.05, 0.1) is 0 Å². The van der Waals surface area contributed by atoms with Gasteiger partial charge >= 0.3 is 5.97 Å². The predicted octanol–water partition coefficient (Wildman–Crippen LogP) is 3.91. The van der Waals surface area contributed by atoms with Gasteiger partial charge in [0.15, 0.2) is 0 Å². The third-order valence-electron chi connectivity index (χ3n) is 2.44. The summed E-state index contributed by atoms with van der Waals surface area (Å²) in [5.74, 6) is 0.805. The summed E-state index contributed by atoms with van der Waals surface area (Å²) in [6.07, 6.45) is 1.36. The zero-order valence-corrected chi connectivity index (χ0v) is 12.1. The number of aryl methyl sites for hydroxylation is 1. The third-order valence-corrected chi connectivity index (χ3v) is 2.94. The molecule has 1 aromatic carbocycles. The second-order valence-electron chi connectivity index (χ2n) is 3.98. The van der Waals surface area contributed by atoms with Crippen LogP contribution in [0, 0.1) is 6.92 Å². The first-order valence-electron chi connectivity index (χ1n) is 5.63. The molecule has 1 aromatic heterocycles. The molecule has 0 aliphatic heterocycles. The largest absolute Gasteiger partial charge is 0.455 e. The van der Waals surface area contributed by atoms with Crippen LogP contribution in [0.2, 0.25) is 0 Å². The number of oxime groups is 1. The Hall–Kier alpha value is -1.88. The van der Waals surface area contributed by atoms with Crippen molar-refractivity contribution in [2.75, 3.05) is 0 Å². The zero-order valence-electron chi connectivity index (χ0n) is 10.5. The fraction of sp³-hybridized carbons (Fsp3) is 0.143. The van der Waals surface area contributed by atoms with E-state index in [9.17, 15) is 4.79 Å². The number of nitrogens with zero attached hydrogens (tertiary/aromatic N) is 1. The minimum atomic E-state index is -0.466. The van der Waals surface area contributed by atoms with Crippen molar-refractivity contribution in [1.82, 2.24) is 0 Å². The maximum Gasteiger partial charge on any atom is 0.331 e. The van der Waals surface area contributed by atoms with Gasteiger partial charge in [-0.15, -0.1) is 0 Å². The second kappa shape index (κ2) is 5.84. The number of hydrogen-bond donors (Lipinski definition) is 0. The average Bonchev–Trinajstić information content (AvgIpc) is 2.77. The number of carbonyl (C=O) groups is 1. The third kappa shape index (κ3) is 3.54. The van der Waals surface area contributed by atoms with E-state index in [0.717, 1.165) is 21.4 Å². The Bertz CT molecular complexity index is 631. The highest BCUT2D eigenvalue weighted by atomic mass is 79.9. The fourth-order valence-electron chi connectivity index (χ4n) is 1.62. The number of rotatable bonds is 3. The normalized spacial score (nSPS) is 10.9. The quantitative estimate of drug-likeness (QED) is 0.489. The van der Waals surface area contributed by atoms with E-state index in [2.05, 4.69) is 25.9 Å². The highest BCUT2D eigenvalue weighted by molar-refractivity contribution is 9.10. The van der Waals surface area contributed by atoms with Gasteiger partial charge in [-0.05, 0) is 42.8 Å². The molecule has 4 nitrogen and oxygen atoms in total. The lowest BCUT2D eigenvalue weighted by Crippen LogP contribution is -1.90. The Morgan fingerprint density at radius 1 is 1.37 bits per heavy atom. The van der Waals surface area contributed by atoms with Crippen molar-refractivity contribution in [3.63, 3.8) is 0 Å². The summed E-state index contributed by atoms with van der Waals surface area (Å²) in [5.41, 5.74) is 2.11. The van der Waals surface area contributed by atoms with Crippen molar-refractivity contribution in [2.24, 2.45) is 5.16 Å². The number of carbonyl (C=O) groups excluding carboxylic acids is 1. The lowest BCUT2D eigenvalue weighted by molar-refractivity contribution is -0.140. The van der Waals surface area contributed by atoms with E-state index in [0.29, 0.717) is 5.76 Å². The van der Waals surface area contributed by atoms with E-state index in [1.807, 2.05) is 31.2 Å². The molecule has 98 valence electrons. The topological polar surface area (TPSA) is 51.8 Å². The summed E-state index contributed by atoms with van der Waals surface area (Å²) >= 11 is 3.42. The summed E-state index contributed by atoms with van der Waals surface area (Å²) in [4.78, 5) is 15.0. The van der Waals surface area contributed by atoms with E-state index in [1.165, 1.54) is 13.1 Å². The molecule has 0 radical (unpaired) electrons. The van der Waals surface area contributed by atoms with Gasteiger partial charge in [-0.25, -0.2) is 4.79 Å². The van der Waals surface area contributed by atoms with Crippen molar-refractivity contribution in [2.45, 2.75) is 13.8 Å². The summed E-state index contributed by atoms with van der Waals surface area (Å²) in [6, 6.07) is 9.57. The van der Waals surface area contributed by atoms with Gasteiger partial charge in [0.1, 0.15) is 17.7 Å². The maximum atomic E-state index is 10.6. The second-order valence-corrected chi connectivity index (χ2v) is 4.89. The zero-order chi connectivity index (χ0) is 13.8. The van der Waals surface area contributed by atoms with E-state index < -0.39 is 5.97 Å². The standard InChI is InChI=1S/C14H12BrNO3/c1-9-7-11(15)3-5-13(9)14-6-4-12(18-14)8-16-19-10(2)17/h3-8H,1-2H3/b16-8-. The summed E-state index contributed by atoms with van der Waals surface area (Å²) < 4.78 is 6.64. The molecule has 0 amide bonds. The first-order valence-corrected chi connectivity index (χ1v) is 6.43. The van der Waals surface area contributed by atoms with Crippen LogP contribution in [-0.4, -0.2) is 12.2 Å². The predicted molar refractivity (Wildman–Crippen MR) is 75.9 cm³/mol. The average molecular weight is 322 g/mol. The number of furan rings is 1. The molecule has 0 unspecified atom stereocenters. The van der Waals surface area contributed by atoms with E-state index in [-0.39, 0.29) is 0 Å². The first-order chi connectivity index (χ1) is 9.06. The minimum absolute atomic E-state index is 0.466. The van der Waals surface area contributed by atoms with E-state index in [4.69, 9.17) is 4.42 Å². The lowest BCUT2D eigenvalue weighted by atomic mass is 10.1. The molecule has 1 heterocycles. The van der Waals surface area contributed by atoms with Crippen LogP contribution in [0.25, 0.3) is 11.3 Å². The Labute approximate surface area is 119 Å². The van der Waals surface area contributed by atoms with Gasteiger partial charge in [0.2, 0.25) is 0 Å². The molecule has 0 aliphatic rings. The smallest absolute Gasteiger partial charge is 0.331 e. The van der Waals surface area contributed by atoms with Gasteiger partial charge in [-0.3, -0.25) is 0 Å². The van der Waals surface area contributed by atoms with Crippen LogP contribution in [0.3, 0.4) is 0 Å². The van der Waals surface area contributed by atoms with Gasteiger partial charge < -0.3 is 9.25 Å². The van der Waals surface area contributed by atoms with Crippen LogP contribution in [-0.2, 0) is 9.63 Å². The van der Waals surface area contributed by atoms with Crippen LogP contribution in [0.15, 0.2) is 44.4 Å². The summed E-state index contributed by atoms with van der Waals surface area (Å²) in [6.45, 7) is 3.30. The lowest BCUT2D eigenvalue weighted by Gasteiger charge is -2.02. The summed E-state index contributed by atoms with van der Waals surface area (Å²) in [7, 11) is 0. The number of benzene rings is 1. The summed E-state index contributed by atoms with van der Waals surface area (Å²) in [5, 5.41) is 3.51. The van der Waals surface area contributed by atoms with Gasteiger partial charge in [0.25, 0.3) is 0 Å². The van der Waals surface area contributed by atoms with Crippen LogP contribution in [0.1, 0.15) is 18.2 Å². The first kappa shape index (κ1) is 13.5. The molecule has 0 spiro atoms. The Balaban J connectivity index is 2.21. The molecule has 0 N–H and O–H groups in total. The van der Waals surface area contributed by atoms with E-state index >= 15 is 0 Å². The van der Waals surface area contributed by atoms with Crippen LogP contribution in [0.5, 0.6) is 0 Å². The minimum Gasteiger partial charge on any atom is -0.455 e. The molecule has 0 atom stereocenters. The molecule has 5 heteroatoms. The molecular formula is C14H12BrNO3. The number of halogens is 1. The van der Waals surface area contributed by atoms with Crippen molar-refractivity contribution >= 4 is 28.1 Å².